The summed E-state index contributed by atoms with van der Waals surface area (Å²) in [5.41, 5.74) is 5.54. The molecule has 0 spiro atoms. The number of hydrogen-bond donors (Lipinski definition) is 3. The van der Waals surface area contributed by atoms with Gasteiger partial charge < -0.3 is 25.7 Å². The number of rotatable bonds is 8. The summed E-state index contributed by atoms with van der Waals surface area (Å²) in [4.78, 5) is 58.3. The van der Waals surface area contributed by atoms with Gasteiger partial charge in [0.25, 0.3) is 11.8 Å². The van der Waals surface area contributed by atoms with Gasteiger partial charge in [-0.15, -0.1) is 29.5 Å². The maximum absolute atomic E-state index is 12.8. The molecule has 0 saturated carbocycles. The SMILES string of the molecule is C#CCON=C(C(=O)NC1C(=O)N2C(C(=O)O)=C(COC(C)=O)CS[C@H]12)c1csc(N)n1. The number of amides is 2. The van der Waals surface area contributed by atoms with Gasteiger partial charge in [-0.3, -0.25) is 19.3 Å². The molecule has 2 aliphatic heterocycles. The quantitative estimate of drug-likeness (QED) is 0.109. The van der Waals surface area contributed by atoms with E-state index in [4.69, 9.17) is 21.7 Å². The number of oxime groups is 1. The van der Waals surface area contributed by atoms with Gasteiger partial charge in [-0.1, -0.05) is 11.1 Å². The monoisotopic (exact) mass is 479 g/mol. The Morgan fingerprint density at radius 1 is 1.50 bits per heavy atom. The molecule has 0 radical (unpaired) electrons. The van der Waals surface area contributed by atoms with E-state index in [0.29, 0.717) is 0 Å². The Kier molecular flexibility index (Phi) is 7.01. The van der Waals surface area contributed by atoms with E-state index in [1.807, 2.05) is 0 Å². The third kappa shape index (κ3) is 4.68. The highest BCUT2D eigenvalue weighted by Crippen LogP contribution is 2.40. The average Bonchev–Trinajstić information content (AvgIpc) is 3.18. The van der Waals surface area contributed by atoms with E-state index in [0.717, 1.165) is 16.2 Å². The van der Waals surface area contributed by atoms with Crippen molar-refractivity contribution >= 4 is 57.7 Å². The summed E-state index contributed by atoms with van der Waals surface area (Å²) < 4.78 is 4.88. The summed E-state index contributed by atoms with van der Waals surface area (Å²) in [5, 5.41) is 16.8. The second-order valence-electron chi connectivity index (χ2n) is 6.39. The molecule has 1 fully saturated rings. The fourth-order valence-electron chi connectivity index (χ4n) is 2.93. The minimum absolute atomic E-state index is 0.136. The summed E-state index contributed by atoms with van der Waals surface area (Å²) in [6.45, 7) is 0.761. The van der Waals surface area contributed by atoms with Gasteiger partial charge >= 0.3 is 11.9 Å². The van der Waals surface area contributed by atoms with E-state index < -0.39 is 35.2 Å². The minimum Gasteiger partial charge on any atom is -0.477 e. The maximum Gasteiger partial charge on any atom is 0.352 e. The number of anilines is 1. The molecule has 2 atom stereocenters. The first-order valence-electron chi connectivity index (χ1n) is 8.93. The summed E-state index contributed by atoms with van der Waals surface area (Å²) in [7, 11) is 0. The lowest BCUT2D eigenvalue weighted by atomic mass is 10.0. The Balaban J connectivity index is 1.78. The molecular weight excluding hydrogens is 462 g/mol. The van der Waals surface area contributed by atoms with Gasteiger partial charge in [-0.05, 0) is 0 Å². The number of aromatic nitrogens is 1. The number of hydrogen-bond acceptors (Lipinski definition) is 11. The van der Waals surface area contributed by atoms with Crippen molar-refractivity contribution in [2.24, 2.45) is 5.16 Å². The fraction of sp³-hybridized carbons (Fsp3) is 0.333. The van der Waals surface area contributed by atoms with Crippen LogP contribution in [0.3, 0.4) is 0 Å². The first kappa shape index (κ1) is 23.1. The smallest absolute Gasteiger partial charge is 0.352 e. The highest BCUT2D eigenvalue weighted by atomic mass is 32.2. The Hall–Kier alpha value is -3.57. The molecule has 2 aliphatic rings. The normalized spacial score (nSPS) is 20.1. The van der Waals surface area contributed by atoms with Crippen LogP contribution in [0.2, 0.25) is 0 Å². The first-order valence-corrected chi connectivity index (χ1v) is 10.9. The number of carbonyl (C=O) groups excluding carboxylic acids is 3. The number of aliphatic carboxylic acids is 1. The van der Waals surface area contributed by atoms with Crippen molar-refractivity contribution in [1.82, 2.24) is 15.2 Å². The zero-order valence-electron chi connectivity index (χ0n) is 16.6. The number of nitrogens with two attached hydrogens (primary N) is 1. The molecule has 0 aliphatic carbocycles. The van der Waals surface area contributed by atoms with Crippen molar-refractivity contribution in [1.29, 1.82) is 0 Å². The third-order valence-electron chi connectivity index (χ3n) is 4.27. The van der Waals surface area contributed by atoms with Crippen LogP contribution in [0.5, 0.6) is 0 Å². The number of ether oxygens (including phenoxy) is 1. The number of carboxylic acids is 1. The number of terminal acetylenes is 1. The molecule has 32 heavy (non-hydrogen) atoms. The highest BCUT2D eigenvalue weighted by Gasteiger charge is 2.54. The molecule has 3 rings (SSSR count). The average molecular weight is 479 g/mol. The zero-order chi connectivity index (χ0) is 23.4. The molecule has 1 aromatic rings. The number of β-lactam (4-membered cyclic amide) rings is 1. The molecule has 1 aromatic heterocycles. The van der Waals surface area contributed by atoms with Crippen LogP contribution in [0, 0.1) is 12.3 Å². The van der Waals surface area contributed by atoms with Crippen molar-refractivity contribution in [3.8, 4) is 12.3 Å². The number of carbonyl (C=O) groups is 4. The lowest BCUT2D eigenvalue weighted by Crippen LogP contribution is -2.71. The molecule has 12 nitrogen and oxygen atoms in total. The van der Waals surface area contributed by atoms with Crippen LogP contribution in [0.4, 0.5) is 5.13 Å². The van der Waals surface area contributed by atoms with Crippen LogP contribution in [0.15, 0.2) is 21.8 Å². The molecule has 2 amide bonds. The van der Waals surface area contributed by atoms with E-state index in [2.05, 4.69) is 21.4 Å². The third-order valence-corrected chi connectivity index (χ3v) is 6.28. The summed E-state index contributed by atoms with van der Waals surface area (Å²) in [5.74, 6) is -0.902. The highest BCUT2D eigenvalue weighted by molar-refractivity contribution is 8.00. The van der Waals surface area contributed by atoms with Gasteiger partial charge in [0, 0.05) is 23.6 Å². The molecule has 4 N–H and O–H groups in total. The number of carboxylic acid groups (broad SMARTS) is 1. The number of nitrogen functional groups attached to an aromatic ring is 1. The van der Waals surface area contributed by atoms with E-state index in [1.165, 1.54) is 24.1 Å². The van der Waals surface area contributed by atoms with E-state index in [-0.39, 0.29) is 46.8 Å². The predicted octanol–water partition coefficient (Wildman–Crippen LogP) is -0.619. The van der Waals surface area contributed by atoms with Gasteiger partial charge in [0.2, 0.25) is 0 Å². The van der Waals surface area contributed by atoms with Crippen LogP contribution < -0.4 is 11.1 Å². The number of thioether (sulfide) groups is 1. The number of nitrogens with one attached hydrogen (secondary N) is 1. The van der Waals surface area contributed by atoms with Gasteiger partial charge in [-0.2, -0.15) is 0 Å². The maximum atomic E-state index is 12.8. The van der Waals surface area contributed by atoms with E-state index in [1.54, 1.807) is 0 Å². The number of nitrogens with zero attached hydrogens (tertiary/aromatic N) is 3. The largest absolute Gasteiger partial charge is 0.477 e. The standard InChI is InChI=1S/C18H17N5O7S2/c1-3-4-30-22-11(10-7-32-18(19)20-10)14(25)21-12-15(26)23-13(17(27)28)9(5-29-8(2)24)6-31-16(12)23/h1,7,12,16H,4-6H2,2H3,(H2,19,20)(H,21,25)(H,27,28)/t12?,16-/m1/s1. The topological polar surface area (TPSA) is 174 Å². The van der Waals surface area contributed by atoms with Crippen molar-refractivity contribution in [2.75, 3.05) is 24.7 Å². The molecule has 168 valence electrons. The van der Waals surface area contributed by atoms with Gasteiger partial charge in [-0.25, -0.2) is 9.78 Å². The van der Waals surface area contributed by atoms with Crippen LogP contribution in [0.1, 0.15) is 12.6 Å². The van der Waals surface area contributed by atoms with Gasteiger partial charge in [0.15, 0.2) is 17.5 Å². The van der Waals surface area contributed by atoms with Crippen molar-refractivity contribution in [3.05, 3.63) is 22.3 Å². The lowest BCUT2D eigenvalue weighted by molar-refractivity contribution is -0.150. The molecule has 0 bridgehead atoms. The Bertz CT molecular complexity index is 1070. The second-order valence-corrected chi connectivity index (χ2v) is 8.38. The predicted molar refractivity (Wildman–Crippen MR) is 114 cm³/mol. The lowest BCUT2D eigenvalue weighted by Gasteiger charge is -2.49. The second kappa shape index (κ2) is 9.71. The number of thiazole rings is 1. The van der Waals surface area contributed by atoms with Crippen molar-refractivity contribution in [3.63, 3.8) is 0 Å². The summed E-state index contributed by atoms with van der Waals surface area (Å²) in [6.07, 6.45) is 5.11. The van der Waals surface area contributed by atoms with Gasteiger partial charge in [0.05, 0.1) is 0 Å². The Morgan fingerprint density at radius 3 is 2.84 bits per heavy atom. The zero-order valence-corrected chi connectivity index (χ0v) is 18.2. The van der Waals surface area contributed by atoms with E-state index in [9.17, 15) is 24.3 Å². The first-order chi connectivity index (χ1) is 15.2. The molecule has 1 unspecified atom stereocenters. The molecule has 14 heteroatoms. The Morgan fingerprint density at radius 2 is 2.25 bits per heavy atom. The number of fused-ring (bicyclic) bond motifs is 1. The Labute approximate surface area is 189 Å². The van der Waals surface area contributed by atoms with Crippen LogP contribution >= 0.6 is 23.1 Å². The van der Waals surface area contributed by atoms with Crippen molar-refractivity contribution < 1.29 is 33.9 Å². The van der Waals surface area contributed by atoms with Gasteiger partial charge in [0.1, 0.15) is 29.4 Å². The number of esters is 1. The van der Waals surface area contributed by atoms with E-state index >= 15 is 0 Å². The fourth-order valence-corrected chi connectivity index (χ4v) is 4.80. The van der Waals surface area contributed by atoms with Crippen LogP contribution in [0.25, 0.3) is 0 Å². The summed E-state index contributed by atoms with van der Waals surface area (Å²) >= 11 is 2.31. The van der Waals surface area contributed by atoms with Crippen LogP contribution in [-0.4, -0.2) is 74.8 Å². The van der Waals surface area contributed by atoms with Crippen LogP contribution in [-0.2, 0) is 28.8 Å². The summed E-state index contributed by atoms with van der Waals surface area (Å²) in [6, 6.07) is -1.01. The van der Waals surface area contributed by atoms with Crippen molar-refractivity contribution in [2.45, 2.75) is 18.3 Å². The molecule has 1 saturated heterocycles. The molecule has 0 aromatic carbocycles. The minimum atomic E-state index is -1.33. The molecule has 3 heterocycles. The molecular formula is C18H17N5O7S2.